The fourth-order valence-corrected chi connectivity index (χ4v) is 5.92. The molecule has 0 aromatic heterocycles. The van der Waals surface area contributed by atoms with E-state index in [0.29, 0.717) is 23.0 Å². The van der Waals surface area contributed by atoms with E-state index in [0.717, 1.165) is 0 Å². The summed E-state index contributed by atoms with van der Waals surface area (Å²) >= 11 is 0. The highest BCUT2D eigenvalue weighted by Gasteiger charge is 2.25. The van der Waals surface area contributed by atoms with Crippen LogP contribution in [0, 0.1) is 0 Å². The molecule has 2 nitrogen and oxygen atoms in total. The maximum atomic E-state index is 11.8. The van der Waals surface area contributed by atoms with E-state index in [1.54, 1.807) is 0 Å². The van der Waals surface area contributed by atoms with Gasteiger partial charge in [0.1, 0.15) is 0 Å². The van der Waals surface area contributed by atoms with Crippen molar-refractivity contribution in [3.05, 3.63) is 58.7 Å². The van der Waals surface area contributed by atoms with Crippen molar-refractivity contribution in [3.8, 4) is 11.1 Å². The van der Waals surface area contributed by atoms with E-state index in [1.165, 1.54) is 33.4 Å². The van der Waals surface area contributed by atoms with Gasteiger partial charge >= 0.3 is 0 Å². The van der Waals surface area contributed by atoms with Crippen molar-refractivity contribution >= 4 is 21.6 Å². The third kappa shape index (κ3) is 1.90. The topological polar surface area (TPSA) is 34.1 Å². The summed E-state index contributed by atoms with van der Waals surface area (Å²) in [6, 6.07) is 12.5. The van der Waals surface area contributed by atoms with Gasteiger partial charge in [0.25, 0.3) is 0 Å². The molecule has 0 saturated heterocycles. The van der Waals surface area contributed by atoms with E-state index in [2.05, 4.69) is 24.3 Å². The van der Waals surface area contributed by atoms with E-state index in [4.69, 9.17) is 0 Å². The summed E-state index contributed by atoms with van der Waals surface area (Å²) in [5, 5.41) is 0. The van der Waals surface area contributed by atoms with Crippen LogP contribution in [0.25, 0.3) is 11.1 Å². The predicted octanol–water partition coefficient (Wildman–Crippen LogP) is 2.88. The van der Waals surface area contributed by atoms with Gasteiger partial charge < -0.3 is 0 Å². The van der Waals surface area contributed by atoms with E-state index in [1.807, 2.05) is 12.1 Å². The van der Waals surface area contributed by atoms with Crippen molar-refractivity contribution in [2.75, 3.05) is 0 Å². The fourth-order valence-electron chi connectivity index (χ4n) is 3.16. The Hall–Kier alpha value is -1.26. The minimum Gasteiger partial charge on any atom is -0.259 e. The van der Waals surface area contributed by atoms with E-state index >= 15 is 0 Å². The zero-order chi connectivity index (χ0) is 13.7. The molecule has 2 aliphatic rings. The van der Waals surface area contributed by atoms with Crippen LogP contribution in [0.3, 0.4) is 0 Å². The van der Waals surface area contributed by atoms with Gasteiger partial charge in [-0.3, -0.25) is 8.42 Å². The molecule has 0 N–H and O–H groups in total. The van der Waals surface area contributed by atoms with Crippen molar-refractivity contribution in [1.82, 2.24) is 0 Å². The molecule has 2 aliphatic heterocycles. The maximum Gasteiger partial charge on any atom is 0.0498 e. The van der Waals surface area contributed by atoms with Gasteiger partial charge in [-0.25, -0.2) is 0 Å². The molecule has 4 rings (SSSR count). The van der Waals surface area contributed by atoms with Gasteiger partial charge in [0, 0.05) is 44.6 Å². The molecular formula is C16H14O2S2. The second-order valence-electron chi connectivity index (χ2n) is 5.34. The van der Waals surface area contributed by atoms with Crippen LogP contribution in [0.15, 0.2) is 36.4 Å². The highest BCUT2D eigenvalue weighted by molar-refractivity contribution is 7.84. The molecule has 0 amide bonds. The summed E-state index contributed by atoms with van der Waals surface area (Å²) in [6.07, 6.45) is 0. The summed E-state index contributed by atoms with van der Waals surface area (Å²) in [7, 11) is -1.54. The lowest BCUT2D eigenvalue weighted by Gasteiger charge is -2.12. The molecule has 0 radical (unpaired) electrons. The monoisotopic (exact) mass is 302 g/mol. The Morgan fingerprint density at radius 1 is 0.650 bits per heavy atom. The quantitative estimate of drug-likeness (QED) is 0.812. The van der Waals surface area contributed by atoms with Crippen molar-refractivity contribution in [3.63, 3.8) is 0 Å². The van der Waals surface area contributed by atoms with E-state index in [-0.39, 0.29) is 0 Å². The molecule has 0 spiro atoms. The van der Waals surface area contributed by atoms with Crippen LogP contribution >= 0.6 is 0 Å². The Morgan fingerprint density at radius 3 is 1.55 bits per heavy atom. The Kier molecular flexibility index (Phi) is 2.89. The third-order valence-electron chi connectivity index (χ3n) is 4.08. The largest absolute Gasteiger partial charge is 0.259 e. The minimum atomic E-state index is -0.769. The molecule has 0 aliphatic carbocycles. The number of hydrogen-bond acceptors (Lipinski definition) is 2. The molecule has 2 aromatic rings. The number of hydrogen-bond donors (Lipinski definition) is 0. The van der Waals surface area contributed by atoms with Crippen molar-refractivity contribution in [2.24, 2.45) is 0 Å². The zero-order valence-corrected chi connectivity index (χ0v) is 12.6. The maximum absolute atomic E-state index is 11.8. The summed E-state index contributed by atoms with van der Waals surface area (Å²) < 4.78 is 23.7. The van der Waals surface area contributed by atoms with Crippen molar-refractivity contribution in [1.29, 1.82) is 0 Å². The van der Waals surface area contributed by atoms with Crippen LogP contribution in [0.1, 0.15) is 22.3 Å². The molecule has 2 aromatic carbocycles. The van der Waals surface area contributed by atoms with Gasteiger partial charge in [-0.1, -0.05) is 36.4 Å². The fraction of sp³-hybridized carbons (Fsp3) is 0.250. The smallest absolute Gasteiger partial charge is 0.0498 e. The first-order valence-electron chi connectivity index (χ1n) is 6.64. The minimum absolute atomic E-state index is 0.651. The lowest BCUT2D eigenvalue weighted by Crippen LogP contribution is -1.94. The van der Waals surface area contributed by atoms with Gasteiger partial charge in [0.2, 0.25) is 0 Å². The molecule has 0 fully saturated rings. The van der Waals surface area contributed by atoms with Crippen LogP contribution in [0.2, 0.25) is 0 Å². The zero-order valence-electron chi connectivity index (χ0n) is 10.9. The molecule has 2 heterocycles. The third-order valence-corrected chi connectivity index (χ3v) is 6.57. The molecule has 20 heavy (non-hydrogen) atoms. The van der Waals surface area contributed by atoms with Gasteiger partial charge in [0.15, 0.2) is 0 Å². The first kappa shape index (κ1) is 12.5. The van der Waals surface area contributed by atoms with Gasteiger partial charge in [-0.2, -0.15) is 0 Å². The second kappa shape index (κ2) is 4.64. The Labute approximate surface area is 123 Å². The van der Waals surface area contributed by atoms with Crippen LogP contribution < -0.4 is 0 Å². The first-order valence-corrected chi connectivity index (χ1v) is 9.62. The van der Waals surface area contributed by atoms with E-state index in [9.17, 15) is 8.42 Å². The second-order valence-corrected chi connectivity index (χ2v) is 8.26. The average Bonchev–Trinajstić information content (AvgIpc) is 2.98. The predicted molar refractivity (Wildman–Crippen MR) is 83.0 cm³/mol. The van der Waals surface area contributed by atoms with Crippen LogP contribution in [-0.2, 0) is 44.6 Å². The number of benzene rings is 2. The lowest BCUT2D eigenvalue weighted by molar-refractivity contribution is 0.683. The molecule has 2 atom stereocenters. The van der Waals surface area contributed by atoms with Crippen molar-refractivity contribution < 1.29 is 8.42 Å². The SMILES string of the molecule is O=S1Cc2cccc(-c3cccc4c3CS(=O)C4)c2C1. The average molecular weight is 302 g/mol. The molecule has 2 unspecified atom stereocenters. The Morgan fingerprint density at radius 2 is 1.10 bits per heavy atom. The highest BCUT2D eigenvalue weighted by Crippen LogP contribution is 2.37. The van der Waals surface area contributed by atoms with Crippen LogP contribution in [0.5, 0.6) is 0 Å². The lowest BCUT2D eigenvalue weighted by atomic mass is 9.92. The van der Waals surface area contributed by atoms with Gasteiger partial charge in [-0.15, -0.1) is 0 Å². The summed E-state index contributed by atoms with van der Waals surface area (Å²) in [5.41, 5.74) is 7.22. The van der Waals surface area contributed by atoms with E-state index < -0.39 is 21.6 Å². The molecular weight excluding hydrogens is 288 g/mol. The highest BCUT2D eigenvalue weighted by atomic mass is 32.2. The number of rotatable bonds is 1. The van der Waals surface area contributed by atoms with Gasteiger partial charge in [-0.05, 0) is 33.4 Å². The number of fused-ring (bicyclic) bond motifs is 2. The molecule has 0 bridgehead atoms. The van der Waals surface area contributed by atoms with Gasteiger partial charge in [0.05, 0.1) is 0 Å². The standard InChI is InChI=1S/C16H14O2S2/c17-19-7-11-3-1-5-13(15(11)9-19)14-6-2-4-12-8-20(18)10-16(12)14/h1-6H,7-10H2. The molecule has 4 heteroatoms. The molecule has 0 saturated carbocycles. The summed E-state index contributed by atoms with van der Waals surface area (Å²) in [5.74, 6) is 2.64. The van der Waals surface area contributed by atoms with Crippen LogP contribution in [-0.4, -0.2) is 8.42 Å². The normalized spacial score (nSPS) is 23.6. The van der Waals surface area contributed by atoms with Crippen LogP contribution in [0.4, 0.5) is 0 Å². The summed E-state index contributed by atoms with van der Waals surface area (Å²) in [6.45, 7) is 0. The Bertz CT molecular complexity index is 700. The Balaban J connectivity index is 1.93. The first-order chi connectivity index (χ1) is 9.72. The van der Waals surface area contributed by atoms with Crippen molar-refractivity contribution in [2.45, 2.75) is 23.0 Å². The summed E-state index contributed by atoms with van der Waals surface area (Å²) in [4.78, 5) is 0. The molecule has 102 valence electrons.